The molecule has 0 aliphatic carbocycles. The van der Waals surface area contributed by atoms with Crippen molar-refractivity contribution in [2.75, 3.05) is 0 Å². The molecule has 0 N–H and O–H groups in total. The molecule has 0 fully saturated rings. The molecular formula is C66H35B2NO4. The summed E-state index contributed by atoms with van der Waals surface area (Å²) in [5.41, 5.74) is 22.6. The fraction of sp³-hybridized carbons (Fsp3) is 0. The zero-order valence-electron chi connectivity index (χ0n) is 38.9. The van der Waals surface area contributed by atoms with Gasteiger partial charge in [-0.15, -0.1) is 0 Å². The predicted octanol–water partition coefficient (Wildman–Crippen LogP) is 13.1. The second-order valence-corrected chi connectivity index (χ2v) is 20.1. The van der Waals surface area contributed by atoms with Crippen LogP contribution >= 0.6 is 0 Å². The largest absolute Gasteiger partial charge is 0.457 e. The average Bonchev–Trinajstić information content (AvgIpc) is 4.23. The Kier molecular flexibility index (Phi) is 7.19. The lowest BCUT2D eigenvalue weighted by atomic mass is 9.30. The van der Waals surface area contributed by atoms with Gasteiger partial charge in [0.15, 0.2) is 0 Å². The smallest absolute Gasteiger partial charge is 0.256 e. The first kappa shape index (κ1) is 38.3. The lowest BCUT2D eigenvalue weighted by molar-refractivity contribution is 0.466. The summed E-state index contributed by atoms with van der Waals surface area (Å²) in [6.07, 6.45) is 0. The minimum atomic E-state index is -0.208. The first-order valence-electron chi connectivity index (χ1n) is 25.1. The molecule has 14 aromatic rings. The Hall–Kier alpha value is -9.45. The third kappa shape index (κ3) is 4.89. The molecule has 0 unspecified atom stereocenters. The maximum atomic E-state index is 7.62. The molecule has 3 aromatic heterocycles. The van der Waals surface area contributed by atoms with Crippen LogP contribution in [0.5, 0.6) is 23.0 Å². The molecule has 0 radical (unpaired) electrons. The lowest BCUT2D eigenvalue weighted by Crippen LogP contribution is -2.65. The van der Waals surface area contributed by atoms with Crippen LogP contribution in [-0.4, -0.2) is 18.0 Å². The normalized spacial score (nSPS) is 13.4. The highest BCUT2D eigenvalue weighted by molar-refractivity contribution is 7.03. The molecule has 4 aliphatic heterocycles. The van der Waals surface area contributed by atoms with E-state index < -0.39 is 0 Å². The zero-order valence-corrected chi connectivity index (χ0v) is 38.9. The van der Waals surface area contributed by atoms with Gasteiger partial charge in [-0.05, 0) is 90.4 Å². The van der Waals surface area contributed by atoms with E-state index in [0.717, 1.165) is 117 Å². The summed E-state index contributed by atoms with van der Waals surface area (Å²) in [6, 6.07) is 76.6. The summed E-state index contributed by atoms with van der Waals surface area (Å²) < 4.78 is 31.7. The van der Waals surface area contributed by atoms with Crippen LogP contribution in [0.1, 0.15) is 0 Å². The van der Waals surface area contributed by atoms with Gasteiger partial charge in [0.05, 0.1) is 11.1 Å². The second-order valence-electron chi connectivity index (χ2n) is 20.1. The van der Waals surface area contributed by atoms with E-state index in [0.29, 0.717) is 0 Å². The number of rotatable bonds is 4. The van der Waals surface area contributed by atoms with Crippen molar-refractivity contribution in [3.8, 4) is 73.2 Å². The van der Waals surface area contributed by atoms with Crippen molar-refractivity contribution in [1.82, 2.24) is 4.57 Å². The van der Waals surface area contributed by atoms with Gasteiger partial charge < -0.3 is 22.9 Å². The van der Waals surface area contributed by atoms with Gasteiger partial charge in [-0.3, -0.25) is 0 Å². The van der Waals surface area contributed by atoms with Crippen LogP contribution in [0, 0.1) is 0 Å². The number of para-hydroxylation sites is 2. The van der Waals surface area contributed by atoms with Gasteiger partial charge in [0.25, 0.3) is 13.4 Å². The van der Waals surface area contributed by atoms with E-state index in [2.05, 4.69) is 217 Å². The van der Waals surface area contributed by atoms with E-state index in [-0.39, 0.29) is 13.4 Å². The zero-order chi connectivity index (χ0) is 47.2. The van der Waals surface area contributed by atoms with E-state index in [9.17, 15) is 0 Å². The van der Waals surface area contributed by atoms with Gasteiger partial charge >= 0.3 is 0 Å². The maximum absolute atomic E-state index is 7.62. The molecule has 0 atom stereocenters. The molecule has 334 valence electrons. The second kappa shape index (κ2) is 13.7. The highest BCUT2D eigenvalue weighted by Crippen LogP contribution is 2.50. The number of hydrogen-bond donors (Lipinski definition) is 0. The van der Waals surface area contributed by atoms with Crippen LogP contribution in [0.2, 0.25) is 0 Å². The van der Waals surface area contributed by atoms with Crippen LogP contribution in [0.25, 0.3) is 116 Å². The quantitative estimate of drug-likeness (QED) is 0.165. The molecule has 0 saturated heterocycles. The molecule has 7 heterocycles. The minimum absolute atomic E-state index is 0.208. The van der Waals surface area contributed by atoms with Gasteiger partial charge in [0, 0.05) is 55.1 Å². The lowest BCUT2D eigenvalue weighted by Gasteiger charge is -2.41. The van der Waals surface area contributed by atoms with Crippen molar-refractivity contribution in [1.29, 1.82) is 0 Å². The number of fused-ring (bicyclic) bond motifs is 13. The topological polar surface area (TPSA) is 49.7 Å². The van der Waals surface area contributed by atoms with Crippen molar-refractivity contribution in [2.24, 2.45) is 0 Å². The molecule has 73 heavy (non-hydrogen) atoms. The summed E-state index contributed by atoms with van der Waals surface area (Å²) in [6.45, 7) is -0.417. The van der Waals surface area contributed by atoms with Gasteiger partial charge in [-0.2, -0.15) is 0 Å². The predicted molar refractivity (Wildman–Crippen MR) is 299 cm³/mol. The standard InChI is InChI=1S/C66H35B2NO4/c1-5-17-36(18-6-1)40-29-44-45-30-41(37-19-7-2-8-20-37)32-49-61(45)69-60(44)48(31-40)67-50-33-46-42-25-13-15-27-52(42)70-63(46)56(38-21-9-3-10-22-38)65(50)72-54-35-55-59(62(69)58(54)67)68(49)51-34-47-43-26-14-16-28-53(43)71-64(47)57(66(51)73-55)39-23-11-4-12-24-39/h1-35H. The summed E-state index contributed by atoms with van der Waals surface area (Å²) in [5.74, 6) is 3.16. The summed E-state index contributed by atoms with van der Waals surface area (Å²) in [5, 5.41) is 6.76. The Morgan fingerprint density at radius 3 is 1.15 bits per heavy atom. The number of ether oxygens (including phenoxy) is 2. The molecule has 4 aliphatic rings. The van der Waals surface area contributed by atoms with Crippen LogP contribution < -0.4 is 42.3 Å². The first-order chi connectivity index (χ1) is 36.2. The third-order valence-corrected chi connectivity index (χ3v) is 16.4. The Labute approximate surface area is 418 Å². The van der Waals surface area contributed by atoms with E-state index in [4.69, 9.17) is 18.3 Å². The minimum Gasteiger partial charge on any atom is -0.457 e. The monoisotopic (exact) mass is 927 g/mol. The van der Waals surface area contributed by atoms with Gasteiger partial charge in [0.2, 0.25) is 0 Å². The van der Waals surface area contributed by atoms with Crippen LogP contribution in [0.15, 0.2) is 221 Å². The van der Waals surface area contributed by atoms with Crippen molar-refractivity contribution in [2.45, 2.75) is 0 Å². The average molecular weight is 928 g/mol. The fourth-order valence-electron chi connectivity index (χ4n) is 13.5. The van der Waals surface area contributed by atoms with Crippen molar-refractivity contribution < 1.29 is 18.3 Å². The molecular weight excluding hydrogens is 892 g/mol. The molecule has 0 saturated carbocycles. The number of aromatic nitrogens is 1. The van der Waals surface area contributed by atoms with Gasteiger partial charge in [0.1, 0.15) is 45.3 Å². The van der Waals surface area contributed by atoms with E-state index >= 15 is 0 Å². The summed E-state index contributed by atoms with van der Waals surface area (Å²) >= 11 is 0. The van der Waals surface area contributed by atoms with E-state index in [1.54, 1.807) is 0 Å². The molecule has 11 aromatic carbocycles. The SMILES string of the molecule is c1ccc(-c2cc3c4c(c2)c2cc(-c5ccccc5)cc5c2n4-c2c4c(cc6c2B5c2cc5c(oc7ccccc75)c(-c5ccccc5)c2O6)Oc2c(cc5c(oc6ccccc65)c2-c2ccccc2)B43)cc1. The van der Waals surface area contributed by atoms with Crippen LogP contribution in [0.3, 0.4) is 0 Å². The Balaban J connectivity index is 1.05. The number of nitrogens with zero attached hydrogens (tertiary/aromatic N) is 1. The molecule has 7 heteroatoms. The molecule has 0 bridgehead atoms. The maximum Gasteiger partial charge on any atom is 0.256 e. The molecule has 5 nitrogen and oxygen atoms in total. The fourth-order valence-corrected chi connectivity index (χ4v) is 13.5. The Morgan fingerprint density at radius 1 is 0.315 bits per heavy atom. The molecule has 18 rings (SSSR count). The number of furan rings is 2. The highest BCUT2D eigenvalue weighted by atomic mass is 16.5. The van der Waals surface area contributed by atoms with E-state index in [1.165, 1.54) is 55.0 Å². The van der Waals surface area contributed by atoms with Crippen LogP contribution in [0.4, 0.5) is 0 Å². The van der Waals surface area contributed by atoms with Gasteiger partial charge in [-0.25, -0.2) is 0 Å². The van der Waals surface area contributed by atoms with Crippen LogP contribution in [-0.2, 0) is 0 Å². The number of hydrogen-bond acceptors (Lipinski definition) is 4. The van der Waals surface area contributed by atoms with Crippen molar-refractivity contribution in [3.05, 3.63) is 212 Å². The Morgan fingerprint density at radius 2 is 0.712 bits per heavy atom. The third-order valence-electron chi connectivity index (χ3n) is 16.4. The summed E-state index contributed by atoms with van der Waals surface area (Å²) in [4.78, 5) is 0. The Bertz CT molecular complexity index is 4490. The molecule has 0 spiro atoms. The highest BCUT2D eigenvalue weighted by Gasteiger charge is 2.50. The van der Waals surface area contributed by atoms with Crippen molar-refractivity contribution in [3.63, 3.8) is 0 Å². The summed E-state index contributed by atoms with van der Waals surface area (Å²) in [7, 11) is 0. The van der Waals surface area contributed by atoms with Crippen molar-refractivity contribution >= 4 is 112 Å². The first-order valence-corrected chi connectivity index (χ1v) is 25.1. The van der Waals surface area contributed by atoms with E-state index in [1.807, 2.05) is 0 Å². The number of benzene rings is 11. The molecule has 0 amide bonds. The van der Waals surface area contributed by atoms with Gasteiger partial charge in [-0.1, -0.05) is 182 Å².